The topological polar surface area (TPSA) is 72.8 Å². The molecule has 1 fully saturated rings. The maximum absolute atomic E-state index is 13.9. The molecule has 7 heteroatoms. The number of amides is 1. The Morgan fingerprint density at radius 2 is 1.81 bits per heavy atom. The average molecular weight is 300 g/mol. The number of aliphatic hydroxyl groups excluding tert-OH is 2. The summed E-state index contributed by atoms with van der Waals surface area (Å²) in [7, 11) is 0. The molecule has 1 aliphatic heterocycles. The van der Waals surface area contributed by atoms with Crippen molar-refractivity contribution in [3.05, 3.63) is 29.3 Å². The molecule has 2 unspecified atom stereocenters. The highest BCUT2D eigenvalue weighted by Gasteiger charge is 2.33. The van der Waals surface area contributed by atoms with Crippen molar-refractivity contribution in [1.29, 1.82) is 0 Å². The van der Waals surface area contributed by atoms with Gasteiger partial charge in [0.2, 0.25) is 0 Å². The van der Waals surface area contributed by atoms with Gasteiger partial charge in [0.25, 0.3) is 5.91 Å². The number of carbonyl (C=O) groups excluding carboxylic acids is 1. The van der Waals surface area contributed by atoms with Crippen molar-refractivity contribution < 1.29 is 23.8 Å². The predicted molar refractivity (Wildman–Crippen MR) is 73.1 cm³/mol. The molecular weight excluding hydrogens is 282 g/mol. The van der Waals surface area contributed by atoms with Gasteiger partial charge in [-0.3, -0.25) is 4.79 Å². The fourth-order valence-electron chi connectivity index (χ4n) is 2.23. The van der Waals surface area contributed by atoms with Crippen LogP contribution in [0.3, 0.4) is 0 Å². The molecule has 0 aromatic heterocycles. The molecule has 0 radical (unpaired) electrons. The first kappa shape index (κ1) is 15.7. The lowest BCUT2D eigenvalue weighted by atomic mass is 10.1. The number of hydrogen-bond donors (Lipinski definition) is 3. The van der Waals surface area contributed by atoms with Gasteiger partial charge in [0.05, 0.1) is 12.2 Å². The van der Waals surface area contributed by atoms with E-state index in [9.17, 15) is 23.8 Å². The molecule has 2 atom stereocenters. The maximum atomic E-state index is 13.9. The van der Waals surface area contributed by atoms with Crippen molar-refractivity contribution >= 4 is 11.6 Å². The predicted octanol–water partition coefficient (Wildman–Crippen LogP) is 0.964. The lowest BCUT2D eigenvalue weighted by Gasteiger charge is -2.16. The molecule has 0 bridgehead atoms. The van der Waals surface area contributed by atoms with Gasteiger partial charge in [-0.25, -0.2) is 8.78 Å². The normalized spacial score (nSPS) is 21.7. The Bertz CT molecular complexity index is 506. The minimum Gasteiger partial charge on any atom is -0.388 e. The number of rotatable bonds is 4. The Kier molecular flexibility index (Phi) is 4.74. The number of hydrogen-bond acceptors (Lipinski definition) is 4. The lowest BCUT2D eigenvalue weighted by Crippen LogP contribution is -2.30. The van der Waals surface area contributed by atoms with Crippen LogP contribution in [0.4, 0.5) is 14.5 Å². The summed E-state index contributed by atoms with van der Waals surface area (Å²) in [6.45, 7) is 2.18. The number of halogens is 2. The van der Waals surface area contributed by atoms with Gasteiger partial charge in [-0.1, -0.05) is 6.92 Å². The van der Waals surface area contributed by atoms with Crippen molar-refractivity contribution in [2.45, 2.75) is 25.6 Å². The molecule has 3 N–H and O–H groups in total. The van der Waals surface area contributed by atoms with E-state index in [0.717, 1.165) is 12.1 Å². The Balaban J connectivity index is 2.19. The van der Waals surface area contributed by atoms with E-state index in [0.29, 0.717) is 13.0 Å². The van der Waals surface area contributed by atoms with E-state index in [4.69, 9.17) is 0 Å². The second kappa shape index (κ2) is 6.36. The van der Waals surface area contributed by atoms with E-state index in [-0.39, 0.29) is 24.3 Å². The van der Waals surface area contributed by atoms with Crippen molar-refractivity contribution in [2.24, 2.45) is 0 Å². The summed E-state index contributed by atoms with van der Waals surface area (Å²) >= 11 is 0. The number of benzene rings is 1. The average Bonchev–Trinajstić information content (AvgIpc) is 2.77. The third-order valence-corrected chi connectivity index (χ3v) is 3.39. The summed E-state index contributed by atoms with van der Waals surface area (Å²) in [5, 5.41) is 21.5. The molecule has 1 amide bonds. The zero-order valence-corrected chi connectivity index (χ0v) is 11.6. The van der Waals surface area contributed by atoms with Crippen LogP contribution in [0.1, 0.15) is 23.7 Å². The van der Waals surface area contributed by atoms with Crippen LogP contribution in [0.15, 0.2) is 12.1 Å². The maximum Gasteiger partial charge on any atom is 0.254 e. The van der Waals surface area contributed by atoms with Crippen LogP contribution < -0.4 is 5.32 Å². The third kappa shape index (κ3) is 3.30. The smallest absolute Gasteiger partial charge is 0.254 e. The third-order valence-electron chi connectivity index (χ3n) is 3.39. The van der Waals surface area contributed by atoms with Crippen LogP contribution in [-0.2, 0) is 0 Å². The Morgan fingerprint density at radius 3 is 2.29 bits per heavy atom. The molecule has 0 saturated carbocycles. The van der Waals surface area contributed by atoms with Crippen LogP contribution in [0.25, 0.3) is 0 Å². The Hall–Kier alpha value is -1.73. The number of aliphatic hydroxyl groups is 2. The molecular formula is C14H18F2N2O3. The number of anilines is 1. The van der Waals surface area contributed by atoms with Crippen LogP contribution in [0.5, 0.6) is 0 Å². The first-order chi connectivity index (χ1) is 9.93. The Labute approximate surface area is 121 Å². The van der Waals surface area contributed by atoms with Gasteiger partial charge >= 0.3 is 0 Å². The second-order valence-corrected chi connectivity index (χ2v) is 5.09. The van der Waals surface area contributed by atoms with E-state index in [2.05, 4.69) is 5.32 Å². The van der Waals surface area contributed by atoms with Crippen LogP contribution in [-0.4, -0.2) is 52.9 Å². The molecule has 21 heavy (non-hydrogen) atoms. The van der Waals surface area contributed by atoms with E-state index in [1.807, 2.05) is 6.92 Å². The molecule has 0 spiro atoms. The molecule has 0 aliphatic carbocycles. The summed E-state index contributed by atoms with van der Waals surface area (Å²) in [5.74, 6) is -2.30. The highest BCUT2D eigenvalue weighted by Crippen LogP contribution is 2.23. The van der Waals surface area contributed by atoms with Gasteiger partial charge in [-0.15, -0.1) is 0 Å². The van der Waals surface area contributed by atoms with Crippen molar-refractivity contribution in [3.63, 3.8) is 0 Å². The van der Waals surface area contributed by atoms with Gasteiger partial charge in [0.1, 0.15) is 17.3 Å². The van der Waals surface area contributed by atoms with E-state index in [1.165, 1.54) is 4.90 Å². The molecule has 1 saturated heterocycles. The quantitative estimate of drug-likeness (QED) is 0.774. The van der Waals surface area contributed by atoms with Gasteiger partial charge in [0.15, 0.2) is 0 Å². The van der Waals surface area contributed by atoms with Crippen LogP contribution in [0.2, 0.25) is 0 Å². The zero-order valence-electron chi connectivity index (χ0n) is 11.6. The number of β-amino-alcohol motifs (C(OH)–C–C–N with tert-alkyl or cyclic N) is 2. The molecule has 116 valence electrons. The number of nitrogens with zero attached hydrogens (tertiary/aromatic N) is 1. The van der Waals surface area contributed by atoms with Gasteiger partial charge in [-0.2, -0.15) is 0 Å². The van der Waals surface area contributed by atoms with Crippen molar-refractivity contribution in [2.75, 3.05) is 25.0 Å². The number of carbonyl (C=O) groups is 1. The largest absolute Gasteiger partial charge is 0.388 e. The minimum absolute atomic E-state index is 0.0565. The molecule has 2 rings (SSSR count). The molecule has 1 aromatic carbocycles. The first-order valence-electron chi connectivity index (χ1n) is 6.82. The van der Waals surface area contributed by atoms with Crippen LogP contribution >= 0.6 is 0 Å². The second-order valence-electron chi connectivity index (χ2n) is 5.09. The monoisotopic (exact) mass is 300 g/mol. The SMILES string of the molecule is CCCNc1c(F)cc(C(=O)N2CC(O)C(O)C2)cc1F. The number of nitrogens with one attached hydrogen (secondary N) is 1. The fourth-order valence-corrected chi connectivity index (χ4v) is 2.23. The van der Waals surface area contributed by atoms with Crippen LogP contribution in [0, 0.1) is 11.6 Å². The summed E-state index contributed by atoms with van der Waals surface area (Å²) < 4.78 is 27.7. The first-order valence-corrected chi connectivity index (χ1v) is 6.82. The molecule has 5 nitrogen and oxygen atoms in total. The van der Waals surface area contributed by atoms with Gasteiger partial charge in [0, 0.05) is 25.2 Å². The summed E-state index contributed by atoms with van der Waals surface area (Å²) in [5.41, 5.74) is -0.400. The van der Waals surface area contributed by atoms with Gasteiger partial charge in [-0.05, 0) is 18.6 Å². The molecule has 1 aromatic rings. The molecule has 1 heterocycles. The summed E-state index contributed by atoms with van der Waals surface area (Å²) in [4.78, 5) is 13.3. The van der Waals surface area contributed by atoms with Gasteiger partial charge < -0.3 is 20.4 Å². The summed E-state index contributed by atoms with van der Waals surface area (Å²) in [6, 6.07) is 1.92. The highest BCUT2D eigenvalue weighted by atomic mass is 19.1. The van der Waals surface area contributed by atoms with Crippen molar-refractivity contribution in [1.82, 2.24) is 4.90 Å². The fraction of sp³-hybridized carbons (Fsp3) is 0.500. The van der Waals surface area contributed by atoms with Crippen molar-refractivity contribution in [3.8, 4) is 0 Å². The lowest BCUT2D eigenvalue weighted by molar-refractivity contribution is 0.0572. The highest BCUT2D eigenvalue weighted by molar-refractivity contribution is 5.95. The van der Waals surface area contributed by atoms with E-state index < -0.39 is 29.7 Å². The summed E-state index contributed by atoms with van der Waals surface area (Å²) in [6.07, 6.45) is -1.35. The molecule has 1 aliphatic rings. The Morgan fingerprint density at radius 1 is 1.29 bits per heavy atom. The number of likely N-dealkylation sites (tertiary alicyclic amines) is 1. The zero-order chi connectivity index (χ0) is 15.6. The standard InChI is InChI=1S/C14H18F2N2O3/c1-2-3-17-13-9(15)4-8(5-10(13)16)14(21)18-6-11(19)12(20)7-18/h4-5,11-12,17,19-20H,2-3,6-7H2,1H3. The van der Waals surface area contributed by atoms with E-state index in [1.54, 1.807) is 0 Å². The minimum atomic E-state index is -1.03. The van der Waals surface area contributed by atoms with E-state index >= 15 is 0 Å².